The molecule has 2 aromatic heterocycles. The molecule has 0 saturated heterocycles. The summed E-state index contributed by atoms with van der Waals surface area (Å²) in [5.41, 5.74) is 0.912. The number of hydrogen-bond donors (Lipinski definition) is 1. The highest BCUT2D eigenvalue weighted by molar-refractivity contribution is 7.71. The summed E-state index contributed by atoms with van der Waals surface area (Å²) in [6.45, 7) is 3.63. The SMILES string of the molecule is C=C(O)Cn1cnc2c1c(=S)n(C)c(=O)n2C. The van der Waals surface area contributed by atoms with Gasteiger partial charge in [0.1, 0.15) is 15.9 Å². The Morgan fingerprint density at radius 1 is 1.53 bits per heavy atom. The number of rotatable bonds is 2. The van der Waals surface area contributed by atoms with Crippen LogP contribution in [-0.2, 0) is 20.6 Å². The van der Waals surface area contributed by atoms with Gasteiger partial charge in [-0.15, -0.1) is 0 Å². The second-order valence-corrected chi connectivity index (χ2v) is 4.20. The molecule has 0 spiro atoms. The zero-order valence-electron chi connectivity index (χ0n) is 9.54. The molecular formula is C10H12N4O2S. The van der Waals surface area contributed by atoms with E-state index in [1.807, 2.05) is 0 Å². The van der Waals surface area contributed by atoms with E-state index in [4.69, 9.17) is 12.2 Å². The molecule has 1 N–H and O–H groups in total. The summed E-state index contributed by atoms with van der Waals surface area (Å²) in [6, 6.07) is 0. The summed E-state index contributed by atoms with van der Waals surface area (Å²) in [5.74, 6) is 0.00945. The van der Waals surface area contributed by atoms with Gasteiger partial charge in [-0.25, -0.2) is 9.78 Å². The fourth-order valence-corrected chi connectivity index (χ4v) is 2.00. The Kier molecular flexibility index (Phi) is 2.62. The van der Waals surface area contributed by atoms with Crippen molar-refractivity contribution in [1.29, 1.82) is 0 Å². The summed E-state index contributed by atoms with van der Waals surface area (Å²) < 4.78 is 4.85. The Balaban J connectivity index is 2.90. The third-order valence-electron chi connectivity index (χ3n) is 2.57. The number of fused-ring (bicyclic) bond motifs is 1. The van der Waals surface area contributed by atoms with Crippen molar-refractivity contribution >= 4 is 23.4 Å². The van der Waals surface area contributed by atoms with Crippen LogP contribution in [0.15, 0.2) is 23.5 Å². The van der Waals surface area contributed by atoms with Crippen LogP contribution in [0.5, 0.6) is 0 Å². The van der Waals surface area contributed by atoms with Crippen LogP contribution in [0.1, 0.15) is 0 Å². The molecule has 0 aliphatic heterocycles. The summed E-state index contributed by atoms with van der Waals surface area (Å²) in [6.07, 6.45) is 1.53. The van der Waals surface area contributed by atoms with E-state index >= 15 is 0 Å². The number of allylic oxidation sites excluding steroid dienone is 1. The topological polar surface area (TPSA) is 65.0 Å². The van der Waals surface area contributed by atoms with E-state index in [1.54, 1.807) is 18.7 Å². The number of nitrogens with zero attached hydrogens (tertiary/aromatic N) is 4. The van der Waals surface area contributed by atoms with E-state index in [1.165, 1.54) is 15.5 Å². The first-order valence-electron chi connectivity index (χ1n) is 4.91. The van der Waals surface area contributed by atoms with E-state index in [9.17, 15) is 9.90 Å². The molecule has 0 bridgehead atoms. The third kappa shape index (κ3) is 1.68. The number of aryl methyl sites for hydroxylation is 1. The number of hydrogen-bond acceptors (Lipinski definition) is 4. The quantitative estimate of drug-likeness (QED) is 0.636. The lowest BCUT2D eigenvalue weighted by molar-refractivity contribution is 0.380. The summed E-state index contributed by atoms with van der Waals surface area (Å²) in [4.78, 5) is 15.9. The van der Waals surface area contributed by atoms with Crippen molar-refractivity contribution in [2.45, 2.75) is 6.54 Å². The fraction of sp³-hybridized carbons (Fsp3) is 0.300. The minimum Gasteiger partial charge on any atom is -0.511 e. The third-order valence-corrected chi connectivity index (χ3v) is 3.04. The van der Waals surface area contributed by atoms with Crippen molar-refractivity contribution < 1.29 is 5.11 Å². The van der Waals surface area contributed by atoms with E-state index < -0.39 is 0 Å². The largest absolute Gasteiger partial charge is 0.511 e. The fourth-order valence-electron chi connectivity index (χ4n) is 1.71. The Labute approximate surface area is 102 Å². The smallest absolute Gasteiger partial charge is 0.330 e. The van der Waals surface area contributed by atoms with Crippen LogP contribution in [0.4, 0.5) is 0 Å². The molecule has 0 aliphatic carbocycles. The summed E-state index contributed by atoms with van der Waals surface area (Å²) in [7, 11) is 3.24. The number of aromatic nitrogens is 4. The van der Waals surface area contributed by atoms with Crippen molar-refractivity contribution in [1.82, 2.24) is 18.7 Å². The van der Waals surface area contributed by atoms with Gasteiger partial charge in [-0.1, -0.05) is 18.8 Å². The van der Waals surface area contributed by atoms with Crippen molar-refractivity contribution in [2.75, 3.05) is 0 Å². The number of imidazole rings is 1. The van der Waals surface area contributed by atoms with Gasteiger partial charge in [-0.2, -0.15) is 0 Å². The van der Waals surface area contributed by atoms with Crippen LogP contribution >= 0.6 is 12.2 Å². The maximum Gasteiger partial charge on any atom is 0.330 e. The standard InChI is InChI=1S/C10H12N4O2S/c1-6(15)4-14-5-11-8-7(14)9(17)13(3)10(16)12(8)2/h5,15H,1,4H2,2-3H3. The highest BCUT2D eigenvalue weighted by Gasteiger charge is 2.11. The molecule has 2 aromatic rings. The van der Waals surface area contributed by atoms with Gasteiger partial charge in [0.05, 0.1) is 12.9 Å². The number of aliphatic hydroxyl groups is 1. The normalized spacial score (nSPS) is 10.9. The Morgan fingerprint density at radius 2 is 2.18 bits per heavy atom. The van der Waals surface area contributed by atoms with Crippen LogP contribution in [0.3, 0.4) is 0 Å². The Morgan fingerprint density at radius 3 is 2.76 bits per heavy atom. The van der Waals surface area contributed by atoms with Gasteiger partial charge >= 0.3 is 5.69 Å². The first-order chi connectivity index (χ1) is 7.93. The van der Waals surface area contributed by atoms with Gasteiger partial charge in [-0.05, 0) is 0 Å². The zero-order chi connectivity index (χ0) is 12.7. The summed E-state index contributed by atoms with van der Waals surface area (Å²) >= 11 is 5.21. The zero-order valence-corrected chi connectivity index (χ0v) is 10.4. The number of aliphatic hydroxyl groups excluding tert-OH is 1. The minimum atomic E-state index is -0.226. The van der Waals surface area contributed by atoms with Gasteiger partial charge in [0, 0.05) is 14.1 Å². The van der Waals surface area contributed by atoms with Gasteiger partial charge in [0.15, 0.2) is 5.65 Å². The van der Waals surface area contributed by atoms with Crippen molar-refractivity contribution in [2.24, 2.45) is 14.1 Å². The molecule has 2 rings (SSSR count). The highest BCUT2D eigenvalue weighted by atomic mass is 32.1. The van der Waals surface area contributed by atoms with Crippen LogP contribution in [-0.4, -0.2) is 23.8 Å². The first-order valence-corrected chi connectivity index (χ1v) is 5.32. The van der Waals surface area contributed by atoms with Crippen LogP contribution in [0.2, 0.25) is 0 Å². The van der Waals surface area contributed by atoms with Gasteiger partial charge < -0.3 is 9.67 Å². The molecule has 6 nitrogen and oxygen atoms in total. The van der Waals surface area contributed by atoms with E-state index in [2.05, 4.69) is 11.6 Å². The monoisotopic (exact) mass is 252 g/mol. The molecule has 0 unspecified atom stereocenters. The van der Waals surface area contributed by atoms with Gasteiger partial charge in [-0.3, -0.25) is 9.13 Å². The summed E-state index contributed by atoms with van der Waals surface area (Å²) in [5, 5.41) is 9.22. The van der Waals surface area contributed by atoms with Crippen LogP contribution in [0, 0.1) is 4.64 Å². The van der Waals surface area contributed by atoms with Crippen LogP contribution < -0.4 is 5.69 Å². The molecule has 0 aromatic carbocycles. The first kappa shape index (κ1) is 11.6. The van der Waals surface area contributed by atoms with Crippen molar-refractivity contribution in [3.05, 3.63) is 33.8 Å². The average Bonchev–Trinajstić information content (AvgIpc) is 2.66. The second kappa shape index (κ2) is 3.85. The molecule has 7 heteroatoms. The predicted octanol–water partition coefficient (Wildman–Crippen LogP) is 0.875. The highest BCUT2D eigenvalue weighted by Crippen LogP contribution is 2.12. The molecular weight excluding hydrogens is 240 g/mol. The van der Waals surface area contributed by atoms with Crippen molar-refractivity contribution in [3.8, 4) is 0 Å². The van der Waals surface area contributed by atoms with Gasteiger partial charge in [0.25, 0.3) is 0 Å². The lowest BCUT2D eigenvalue weighted by Crippen LogP contribution is -2.28. The molecule has 0 saturated carbocycles. The van der Waals surface area contributed by atoms with E-state index in [0.717, 1.165) is 0 Å². The molecule has 0 amide bonds. The predicted molar refractivity (Wildman–Crippen MR) is 66.5 cm³/mol. The van der Waals surface area contributed by atoms with E-state index in [-0.39, 0.29) is 18.0 Å². The molecule has 17 heavy (non-hydrogen) atoms. The molecule has 90 valence electrons. The lowest BCUT2D eigenvalue weighted by Gasteiger charge is -2.07. The lowest BCUT2D eigenvalue weighted by atomic mass is 10.4. The maximum atomic E-state index is 11.8. The molecule has 0 radical (unpaired) electrons. The Hall–Kier alpha value is -1.89. The van der Waals surface area contributed by atoms with E-state index in [0.29, 0.717) is 15.8 Å². The average molecular weight is 252 g/mol. The van der Waals surface area contributed by atoms with Crippen molar-refractivity contribution in [3.63, 3.8) is 0 Å². The molecule has 2 heterocycles. The van der Waals surface area contributed by atoms with Gasteiger partial charge in [0.2, 0.25) is 0 Å². The minimum absolute atomic E-state index is 0.00945. The molecule has 0 atom stereocenters. The molecule has 0 fully saturated rings. The van der Waals surface area contributed by atoms with Crippen LogP contribution in [0.25, 0.3) is 11.2 Å². The second-order valence-electron chi connectivity index (χ2n) is 3.82. The molecule has 0 aliphatic rings. The maximum absolute atomic E-state index is 11.8. The Bertz CT molecular complexity index is 722.